The van der Waals surface area contributed by atoms with E-state index in [9.17, 15) is 8.42 Å². The van der Waals surface area contributed by atoms with E-state index in [1.54, 1.807) is 6.92 Å². The quantitative estimate of drug-likeness (QED) is 0.648. The van der Waals surface area contributed by atoms with E-state index in [2.05, 4.69) is 4.72 Å². The molecule has 1 aliphatic rings. The monoisotopic (exact) mass is 179 g/mol. The Kier molecular flexibility index (Phi) is 2.22. The third-order valence-electron chi connectivity index (χ3n) is 1.62. The van der Waals surface area contributed by atoms with Crippen LogP contribution in [0.25, 0.3) is 0 Å². The maximum absolute atomic E-state index is 11.0. The highest BCUT2D eigenvalue weighted by Gasteiger charge is 2.36. The van der Waals surface area contributed by atoms with Crippen molar-refractivity contribution in [3.63, 3.8) is 0 Å². The first kappa shape index (κ1) is 8.96. The summed E-state index contributed by atoms with van der Waals surface area (Å²) in [5.74, 6) is 0.128. The zero-order chi connectivity index (χ0) is 8.54. The molecular formula is C6H13NO3S. The molecule has 0 aromatic carbocycles. The molecule has 11 heavy (non-hydrogen) atoms. The summed E-state index contributed by atoms with van der Waals surface area (Å²) in [6, 6.07) is 0. The zero-order valence-electron chi connectivity index (χ0n) is 6.75. The molecule has 1 fully saturated rings. The first-order valence-electron chi connectivity index (χ1n) is 3.57. The maximum atomic E-state index is 11.0. The van der Waals surface area contributed by atoms with Crippen LogP contribution in [0.3, 0.4) is 0 Å². The minimum atomic E-state index is -3.07. The summed E-state index contributed by atoms with van der Waals surface area (Å²) in [6.07, 6.45) is 0. The standard InChI is InChI=1S/C6H13NO3S/c1-3-11(8,9)7-6(2)4-10-5-6/h7H,3-5H2,1-2H3. The van der Waals surface area contributed by atoms with E-state index < -0.39 is 10.0 Å². The lowest BCUT2D eigenvalue weighted by Gasteiger charge is -2.38. The van der Waals surface area contributed by atoms with Crippen molar-refractivity contribution in [3.05, 3.63) is 0 Å². The van der Waals surface area contributed by atoms with Gasteiger partial charge in [0.2, 0.25) is 10.0 Å². The van der Waals surface area contributed by atoms with Crippen molar-refractivity contribution in [1.82, 2.24) is 4.72 Å². The molecule has 1 rings (SSSR count). The summed E-state index contributed by atoms with van der Waals surface area (Å²) in [6.45, 7) is 4.41. The second kappa shape index (κ2) is 2.73. The molecule has 0 aliphatic carbocycles. The Labute approximate surface area is 67.0 Å². The highest BCUT2D eigenvalue weighted by atomic mass is 32.2. The summed E-state index contributed by atoms with van der Waals surface area (Å²) < 4.78 is 29.5. The SMILES string of the molecule is CCS(=O)(=O)NC1(C)COC1. The number of sulfonamides is 1. The van der Waals surface area contributed by atoms with Gasteiger partial charge in [-0.3, -0.25) is 0 Å². The van der Waals surface area contributed by atoms with Gasteiger partial charge in [-0.1, -0.05) is 0 Å². The summed E-state index contributed by atoms with van der Waals surface area (Å²) in [5.41, 5.74) is -0.352. The number of hydrogen-bond donors (Lipinski definition) is 1. The molecule has 0 aromatic rings. The molecule has 1 aliphatic heterocycles. The van der Waals surface area contributed by atoms with Crippen molar-refractivity contribution in [3.8, 4) is 0 Å². The highest BCUT2D eigenvalue weighted by Crippen LogP contribution is 2.16. The van der Waals surface area contributed by atoms with Gasteiger partial charge in [-0.25, -0.2) is 13.1 Å². The Morgan fingerprint density at radius 2 is 2.09 bits per heavy atom. The van der Waals surface area contributed by atoms with Crippen molar-refractivity contribution in [2.45, 2.75) is 19.4 Å². The van der Waals surface area contributed by atoms with Crippen LogP contribution in [0.1, 0.15) is 13.8 Å². The lowest BCUT2D eigenvalue weighted by molar-refractivity contribution is -0.0523. The van der Waals surface area contributed by atoms with Gasteiger partial charge < -0.3 is 4.74 Å². The lowest BCUT2D eigenvalue weighted by atomic mass is 10.0. The summed E-state index contributed by atoms with van der Waals surface area (Å²) in [5, 5.41) is 0. The molecule has 0 atom stereocenters. The van der Waals surface area contributed by atoms with Crippen LogP contribution >= 0.6 is 0 Å². The third-order valence-corrected chi connectivity index (χ3v) is 3.19. The first-order valence-corrected chi connectivity index (χ1v) is 5.22. The number of ether oxygens (including phenoxy) is 1. The van der Waals surface area contributed by atoms with Crippen molar-refractivity contribution >= 4 is 10.0 Å². The van der Waals surface area contributed by atoms with E-state index in [-0.39, 0.29) is 11.3 Å². The molecule has 0 aromatic heterocycles. The predicted octanol–water partition coefficient (Wildman–Crippen LogP) is -0.285. The van der Waals surface area contributed by atoms with Crippen LogP contribution in [-0.4, -0.2) is 32.9 Å². The van der Waals surface area contributed by atoms with Crippen LogP contribution in [0.4, 0.5) is 0 Å². The van der Waals surface area contributed by atoms with Crippen molar-refractivity contribution in [2.24, 2.45) is 0 Å². The fourth-order valence-electron chi connectivity index (χ4n) is 0.915. The second-order valence-corrected chi connectivity index (χ2v) is 5.07. The predicted molar refractivity (Wildman–Crippen MR) is 41.8 cm³/mol. The summed E-state index contributed by atoms with van der Waals surface area (Å²) in [4.78, 5) is 0. The largest absolute Gasteiger partial charge is 0.377 e. The molecule has 0 spiro atoms. The minimum Gasteiger partial charge on any atom is -0.377 e. The van der Waals surface area contributed by atoms with Gasteiger partial charge in [0.15, 0.2) is 0 Å². The fraction of sp³-hybridized carbons (Fsp3) is 1.00. The molecule has 0 unspecified atom stereocenters. The maximum Gasteiger partial charge on any atom is 0.211 e. The zero-order valence-corrected chi connectivity index (χ0v) is 7.57. The Morgan fingerprint density at radius 1 is 1.55 bits per heavy atom. The smallest absolute Gasteiger partial charge is 0.211 e. The van der Waals surface area contributed by atoms with Crippen molar-refractivity contribution in [1.29, 1.82) is 0 Å². The van der Waals surface area contributed by atoms with Crippen LogP contribution in [-0.2, 0) is 14.8 Å². The van der Waals surface area contributed by atoms with Gasteiger partial charge in [0, 0.05) is 0 Å². The first-order chi connectivity index (χ1) is 4.97. The Morgan fingerprint density at radius 3 is 2.36 bits per heavy atom. The van der Waals surface area contributed by atoms with Crippen molar-refractivity contribution in [2.75, 3.05) is 19.0 Å². The van der Waals surface area contributed by atoms with Crippen molar-refractivity contribution < 1.29 is 13.2 Å². The van der Waals surface area contributed by atoms with E-state index >= 15 is 0 Å². The molecule has 0 amide bonds. The van der Waals surface area contributed by atoms with Gasteiger partial charge in [0.1, 0.15) is 0 Å². The third kappa shape index (κ3) is 2.15. The van der Waals surface area contributed by atoms with E-state index in [1.165, 1.54) is 0 Å². The number of nitrogens with one attached hydrogen (secondary N) is 1. The molecule has 0 saturated carbocycles. The minimum absolute atomic E-state index is 0.128. The molecule has 0 bridgehead atoms. The molecule has 66 valence electrons. The normalized spacial score (nSPS) is 22.7. The number of hydrogen-bond acceptors (Lipinski definition) is 3. The summed E-state index contributed by atoms with van der Waals surface area (Å²) in [7, 11) is -3.07. The van der Waals surface area contributed by atoms with Gasteiger partial charge in [0.05, 0.1) is 24.5 Å². The molecule has 4 nitrogen and oxygen atoms in total. The summed E-state index contributed by atoms with van der Waals surface area (Å²) >= 11 is 0. The molecule has 5 heteroatoms. The van der Waals surface area contributed by atoms with E-state index in [4.69, 9.17) is 4.74 Å². The molecule has 1 heterocycles. The van der Waals surface area contributed by atoms with Gasteiger partial charge in [-0.15, -0.1) is 0 Å². The Hall–Kier alpha value is -0.130. The van der Waals surface area contributed by atoms with Crippen LogP contribution < -0.4 is 4.72 Å². The topological polar surface area (TPSA) is 55.4 Å². The Balaban J connectivity index is 2.54. The average molecular weight is 179 g/mol. The van der Waals surface area contributed by atoms with Gasteiger partial charge in [0.25, 0.3) is 0 Å². The van der Waals surface area contributed by atoms with E-state index in [0.29, 0.717) is 13.2 Å². The Bertz CT molecular complexity index is 230. The molecule has 0 radical (unpaired) electrons. The lowest BCUT2D eigenvalue weighted by Crippen LogP contribution is -2.60. The molecule has 1 N–H and O–H groups in total. The van der Waals surface area contributed by atoms with Crippen LogP contribution in [0.2, 0.25) is 0 Å². The molecular weight excluding hydrogens is 166 g/mol. The van der Waals surface area contributed by atoms with Crippen LogP contribution in [0, 0.1) is 0 Å². The second-order valence-electron chi connectivity index (χ2n) is 3.06. The fourth-order valence-corrected chi connectivity index (χ4v) is 1.93. The van der Waals surface area contributed by atoms with Crippen LogP contribution in [0.5, 0.6) is 0 Å². The van der Waals surface area contributed by atoms with E-state index in [1.807, 2.05) is 6.92 Å². The molecule has 1 saturated heterocycles. The van der Waals surface area contributed by atoms with Gasteiger partial charge in [-0.05, 0) is 13.8 Å². The van der Waals surface area contributed by atoms with E-state index in [0.717, 1.165) is 0 Å². The highest BCUT2D eigenvalue weighted by molar-refractivity contribution is 7.89. The average Bonchev–Trinajstić information content (AvgIpc) is 1.84. The van der Waals surface area contributed by atoms with Crippen LogP contribution in [0.15, 0.2) is 0 Å². The number of rotatable bonds is 3. The van der Waals surface area contributed by atoms with Gasteiger partial charge >= 0.3 is 0 Å². The van der Waals surface area contributed by atoms with Gasteiger partial charge in [-0.2, -0.15) is 0 Å².